The first kappa shape index (κ1) is 15.6. The first-order valence-corrected chi connectivity index (χ1v) is 7.93. The number of fused-ring (bicyclic) bond motifs is 1. The predicted octanol–water partition coefficient (Wildman–Crippen LogP) is 3.33. The first-order valence-electron chi connectivity index (χ1n) is 7.93. The molecule has 3 rings (SSSR count). The zero-order valence-corrected chi connectivity index (χ0v) is 14.0. The largest absolute Gasteiger partial charge is 0.489 e. The molecule has 0 saturated heterocycles. The summed E-state index contributed by atoms with van der Waals surface area (Å²) >= 11 is 0. The highest BCUT2D eigenvalue weighted by Gasteiger charge is 2.13. The molecule has 0 aliphatic carbocycles. The number of pyridine rings is 1. The maximum atomic E-state index is 6.00. The third-order valence-corrected chi connectivity index (χ3v) is 3.87. The number of hydrogen-bond donors (Lipinski definition) is 0. The fraction of sp³-hybridized carbons (Fsp3) is 0.316. The topological polar surface area (TPSA) is 29.8 Å². The van der Waals surface area contributed by atoms with Crippen molar-refractivity contribution in [2.45, 2.75) is 19.9 Å². The molecule has 120 valence electrons. The van der Waals surface area contributed by atoms with Crippen LogP contribution in [0.15, 0.2) is 48.7 Å². The summed E-state index contributed by atoms with van der Waals surface area (Å²) < 4.78 is 8.13. The zero-order chi connectivity index (χ0) is 16.2. The fourth-order valence-electron chi connectivity index (χ4n) is 2.73. The molecule has 0 unspecified atom stereocenters. The monoisotopic (exact) mass is 309 g/mol. The third-order valence-electron chi connectivity index (χ3n) is 3.87. The Labute approximate surface area is 137 Å². The molecule has 1 aromatic carbocycles. The van der Waals surface area contributed by atoms with Crippen molar-refractivity contribution in [3.63, 3.8) is 0 Å². The van der Waals surface area contributed by atoms with Gasteiger partial charge in [0.1, 0.15) is 0 Å². The lowest BCUT2D eigenvalue weighted by Crippen LogP contribution is -2.13. The van der Waals surface area contributed by atoms with Gasteiger partial charge in [-0.2, -0.15) is 0 Å². The maximum Gasteiger partial charge on any atom is 0.180 e. The van der Waals surface area contributed by atoms with Gasteiger partial charge in [-0.3, -0.25) is 4.40 Å². The van der Waals surface area contributed by atoms with Crippen LogP contribution in [0.5, 0.6) is 5.75 Å². The summed E-state index contributed by atoms with van der Waals surface area (Å²) in [5.74, 6) is 0.844. The molecule has 23 heavy (non-hydrogen) atoms. The van der Waals surface area contributed by atoms with E-state index in [1.807, 2.05) is 18.2 Å². The number of aryl methyl sites for hydroxylation is 1. The number of rotatable bonds is 6. The summed E-state index contributed by atoms with van der Waals surface area (Å²) in [5.41, 5.74) is 4.44. The summed E-state index contributed by atoms with van der Waals surface area (Å²) in [4.78, 5) is 6.86. The number of benzene rings is 1. The van der Waals surface area contributed by atoms with E-state index in [1.165, 1.54) is 11.3 Å². The summed E-state index contributed by atoms with van der Waals surface area (Å²) in [5, 5.41) is 0. The summed E-state index contributed by atoms with van der Waals surface area (Å²) in [6, 6.07) is 14.4. The van der Waals surface area contributed by atoms with Crippen molar-refractivity contribution in [2.75, 3.05) is 20.7 Å². The average Bonchev–Trinajstić information content (AvgIpc) is 2.85. The van der Waals surface area contributed by atoms with Gasteiger partial charge in [0.15, 0.2) is 11.4 Å². The van der Waals surface area contributed by atoms with Crippen LogP contribution in [0.4, 0.5) is 0 Å². The Kier molecular flexibility index (Phi) is 4.63. The number of aromatic nitrogens is 2. The van der Waals surface area contributed by atoms with Gasteiger partial charge in [0.05, 0.1) is 18.0 Å². The summed E-state index contributed by atoms with van der Waals surface area (Å²) in [6.07, 6.45) is 2.95. The Morgan fingerprint density at radius 1 is 1.09 bits per heavy atom. The summed E-state index contributed by atoms with van der Waals surface area (Å²) in [7, 11) is 4.14. The van der Waals surface area contributed by atoms with Crippen LogP contribution in [-0.2, 0) is 13.0 Å². The van der Waals surface area contributed by atoms with Gasteiger partial charge in [-0.05, 0) is 38.7 Å². The van der Waals surface area contributed by atoms with Crippen LogP contribution in [-0.4, -0.2) is 35.0 Å². The highest BCUT2D eigenvalue weighted by Crippen LogP contribution is 2.22. The van der Waals surface area contributed by atoms with Gasteiger partial charge in [-0.1, -0.05) is 30.3 Å². The van der Waals surface area contributed by atoms with Gasteiger partial charge < -0.3 is 9.64 Å². The highest BCUT2D eigenvalue weighted by atomic mass is 16.5. The van der Waals surface area contributed by atoms with E-state index in [2.05, 4.69) is 60.8 Å². The van der Waals surface area contributed by atoms with Crippen LogP contribution >= 0.6 is 0 Å². The van der Waals surface area contributed by atoms with E-state index in [4.69, 9.17) is 9.72 Å². The molecule has 0 N–H and O–H groups in total. The van der Waals surface area contributed by atoms with Crippen molar-refractivity contribution in [1.82, 2.24) is 14.3 Å². The SMILES string of the molecule is Cc1nc2c(OCCc3ccccc3)cccn2c1CN(C)C. The molecule has 0 atom stereocenters. The van der Waals surface area contributed by atoms with Crippen LogP contribution in [0.25, 0.3) is 5.65 Å². The van der Waals surface area contributed by atoms with Crippen molar-refractivity contribution in [2.24, 2.45) is 0 Å². The van der Waals surface area contributed by atoms with Crippen LogP contribution < -0.4 is 4.74 Å². The second-order valence-corrected chi connectivity index (χ2v) is 6.03. The van der Waals surface area contributed by atoms with Crippen molar-refractivity contribution in [3.05, 3.63) is 65.6 Å². The van der Waals surface area contributed by atoms with Gasteiger partial charge in [0.2, 0.25) is 0 Å². The molecule has 0 bridgehead atoms. The van der Waals surface area contributed by atoms with Crippen LogP contribution in [0.2, 0.25) is 0 Å². The fourth-order valence-corrected chi connectivity index (χ4v) is 2.73. The van der Waals surface area contributed by atoms with Crippen LogP contribution in [0.1, 0.15) is 17.0 Å². The van der Waals surface area contributed by atoms with Gasteiger partial charge in [-0.15, -0.1) is 0 Å². The zero-order valence-electron chi connectivity index (χ0n) is 14.0. The lowest BCUT2D eigenvalue weighted by Gasteiger charge is -2.11. The second kappa shape index (κ2) is 6.84. The Hall–Kier alpha value is -2.33. The van der Waals surface area contributed by atoms with E-state index in [0.29, 0.717) is 6.61 Å². The van der Waals surface area contributed by atoms with E-state index in [9.17, 15) is 0 Å². The minimum absolute atomic E-state index is 0.651. The standard InChI is InChI=1S/C19H23N3O/c1-15-17(14-21(2)3)22-12-7-10-18(19(22)20-15)23-13-11-16-8-5-4-6-9-16/h4-10,12H,11,13-14H2,1-3H3. The highest BCUT2D eigenvalue weighted by molar-refractivity contribution is 5.56. The van der Waals surface area contributed by atoms with Crippen molar-refractivity contribution in [1.29, 1.82) is 0 Å². The molecule has 0 radical (unpaired) electrons. The normalized spacial score (nSPS) is 11.3. The minimum atomic E-state index is 0.651. The van der Waals surface area contributed by atoms with Crippen molar-refractivity contribution in [3.8, 4) is 5.75 Å². The third kappa shape index (κ3) is 3.54. The quantitative estimate of drug-likeness (QED) is 0.699. The lowest BCUT2D eigenvalue weighted by atomic mass is 10.2. The van der Waals surface area contributed by atoms with Gasteiger partial charge in [0.25, 0.3) is 0 Å². The molecule has 3 aromatic rings. The van der Waals surface area contributed by atoms with E-state index in [1.54, 1.807) is 0 Å². The molecule has 2 aromatic heterocycles. The lowest BCUT2D eigenvalue weighted by molar-refractivity contribution is 0.323. The molecule has 2 heterocycles. The first-order chi connectivity index (χ1) is 11.1. The van der Waals surface area contributed by atoms with E-state index in [-0.39, 0.29) is 0 Å². The number of hydrogen-bond acceptors (Lipinski definition) is 3. The Morgan fingerprint density at radius 2 is 1.87 bits per heavy atom. The number of ether oxygens (including phenoxy) is 1. The molecule has 0 fully saturated rings. The molecule has 4 heteroatoms. The van der Waals surface area contributed by atoms with Gasteiger partial charge >= 0.3 is 0 Å². The molecule has 0 saturated carbocycles. The van der Waals surface area contributed by atoms with E-state index >= 15 is 0 Å². The predicted molar refractivity (Wildman–Crippen MR) is 93.0 cm³/mol. The van der Waals surface area contributed by atoms with E-state index < -0.39 is 0 Å². The van der Waals surface area contributed by atoms with Crippen molar-refractivity contribution < 1.29 is 4.74 Å². The molecule has 0 aliphatic heterocycles. The van der Waals surface area contributed by atoms with Gasteiger partial charge in [0, 0.05) is 19.2 Å². The molecular weight excluding hydrogens is 286 g/mol. The van der Waals surface area contributed by atoms with Crippen LogP contribution in [0, 0.1) is 6.92 Å². The maximum absolute atomic E-state index is 6.00. The molecule has 4 nitrogen and oxygen atoms in total. The molecule has 0 amide bonds. The number of imidazole rings is 1. The Balaban J connectivity index is 1.78. The molecule has 0 spiro atoms. The Morgan fingerprint density at radius 3 is 2.61 bits per heavy atom. The second-order valence-electron chi connectivity index (χ2n) is 6.03. The summed E-state index contributed by atoms with van der Waals surface area (Å²) in [6.45, 7) is 3.57. The average molecular weight is 309 g/mol. The number of nitrogens with zero attached hydrogens (tertiary/aromatic N) is 3. The van der Waals surface area contributed by atoms with Crippen LogP contribution in [0.3, 0.4) is 0 Å². The van der Waals surface area contributed by atoms with Gasteiger partial charge in [-0.25, -0.2) is 4.98 Å². The molecular formula is C19H23N3O. The molecule has 0 aliphatic rings. The van der Waals surface area contributed by atoms with E-state index in [0.717, 1.165) is 30.1 Å². The Bertz CT molecular complexity index is 778. The smallest absolute Gasteiger partial charge is 0.180 e. The minimum Gasteiger partial charge on any atom is -0.489 e. The van der Waals surface area contributed by atoms with Crippen molar-refractivity contribution >= 4 is 5.65 Å².